The first-order chi connectivity index (χ1) is 10.9. The van der Waals surface area contributed by atoms with Crippen molar-refractivity contribution in [2.45, 2.75) is 26.7 Å². The predicted octanol–water partition coefficient (Wildman–Crippen LogP) is 3.06. The molecule has 1 aromatic rings. The molecule has 2 aliphatic heterocycles. The van der Waals surface area contributed by atoms with E-state index < -0.39 is 17.9 Å². The van der Waals surface area contributed by atoms with Crippen LogP contribution in [-0.4, -0.2) is 18.5 Å². The molecule has 1 unspecified atom stereocenters. The first-order valence-corrected chi connectivity index (χ1v) is 7.69. The fourth-order valence-corrected chi connectivity index (χ4v) is 3.23. The molecule has 0 radical (unpaired) electrons. The van der Waals surface area contributed by atoms with Gasteiger partial charge in [-0.05, 0) is 39.0 Å². The lowest BCUT2D eigenvalue weighted by molar-refractivity contribution is -0.139. The monoisotopic (exact) mass is 333 g/mol. The Hall–Kier alpha value is -2.27. The molecule has 1 atom stereocenters. The SMILES string of the molecule is CCOC(=O)C1=C(C)NC(C)=C2C(=O)Oc3ccc(Cl)cc3C12. The predicted molar refractivity (Wildman–Crippen MR) is 85.0 cm³/mol. The van der Waals surface area contributed by atoms with Crippen molar-refractivity contribution in [3.8, 4) is 5.75 Å². The van der Waals surface area contributed by atoms with Gasteiger partial charge in [0.1, 0.15) is 5.75 Å². The Morgan fingerprint density at radius 2 is 2.09 bits per heavy atom. The molecule has 120 valence electrons. The van der Waals surface area contributed by atoms with Crippen LogP contribution < -0.4 is 10.1 Å². The van der Waals surface area contributed by atoms with Gasteiger partial charge in [-0.15, -0.1) is 0 Å². The molecule has 1 N–H and O–H groups in total. The lowest BCUT2D eigenvalue weighted by Gasteiger charge is -2.34. The van der Waals surface area contributed by atoms with E-state index in [4.69, 9.17) is 21.1 Å². The van der Waals surface area contributed by atoms with E-state index in [1.54, 1.807) is 39.0 Å². The summed E-state index contributed by atoms with van der Waals surface area (Å²) in [6, 6.07) is 5.01. The highest BCUT2D eigenvalue weighted by Gasteiger charge is 2.42. The number of hydrogen-bond donors (Lipinski definition) is 1. The first kappa shape index (κ1) is 15.6. The molecule has 2 heterocycles. The molecule has 23 heavy (non-hydrogen) atoms. The third-order valence-corrected chi connectivity index (χ3v) is 4.20. The first-order valence-electron chi connectivity index (χ1n) is 7.31. The summed E-state index contributed by atoms with van der Waals surface area (Å²) in [6.07, 6.45) is 0. The van der Waals surface area contributed by atoms with E-state index in [0.717, 1.165) is 0 Å². The van der Waals surface area contributed by atoms with Gasteiger partial charge in [-0.1, -0.05) is 11.6 Å². The van der Waals surface area contributed by atoms with Crippen LogP contribution in [0.4, 0.5) is 0 Å². The van der Waals surface area contributed by atoms with Gasteiger partial charge < -0.3 is 14.8 Å². The summed E-state index contributed by atoms with van der Waals surface area (Å²) in [4.78, 5) is 24.8. The van der Waals surface area contributed by atoms with Crippen molar-refractivity contribution >= 4 is 23.5 Å². The van der Waals surface area contributed by atoms with Crippen LogP contribution in [0, 0.1) is 0 Å². The Labute approximate surface area is 138 Å². The van der Waals surface area contributed by atoms with E-state index in [0.29, 0.717) is 38.9 Å². The van der Waals surface area contributed by atoms with Crippen molar-refractivity contribution in [1.29, 1.82) is 0 Å². The van der Waals surface area contributed by atoms with Gasteiger partial charge >= 0.3 is 11.9 Å². The number of nitrogens with one attached hydrogen (secondary N) is 1. The second kappa shape index (κ2) is 5.74. The molecule has 0 spiro atoms. The summed E-state index contributed by atoms with van der Waals surface area (Å²) in [6.45, 7) is 5.57. The maximum atomic E-state index is 12.4. The number of esters is 2. The third kappa shape index (κ3) is 2.51. The minimum absolute atomic E-state index is 0.257. The second-order valence-corrected chi connectivity index (χ2v) is 5.86. The highest BCUT2D eigenvalue weighted by Crippen LogP contribution is 2.46. The quantitative estimate of drug-likeness (QED) is 0.665. The lowest BCUT2D eigenvalue weighted by Crippen LogP contribution is -2.36. The van der Waals surface area contributed by atoms with Gasteiger partial charge in [0.15, 0.2) is 0 Å². The molecule has 5 nitrogen and oxygen atoms in total. The summed E-state index contributed by atoms with van der Waals surface area (Å²) in [5.74, 6) is -1.04. The van der Waals surface area contributed by atoms with Crippen molar-refractivity contribution in [3.05, 3.63) is 51.3 Å². The number of carbonyl (C=O) groups excluding carboxylic acids is 2. The van der Waals surface area contributed by atoms with Crippen molar-refractivity contribution < 1.29 is 19.1 Å². The Kier molecular flexibility index (Phi) is 3.90. The molecule has 0 saturated heterocycles. The molecular formula is C17H16ClNO4. The van der Waals surface area contributed by atoms with E-state index >= 15 is 0 Å². The number of fused-ring (bicyclic) bond motifs is 3. The standard InChI is InChI=1S/C17H16ClNO4/c1-4-22-16(20)13-8(2)19-9(3)14-15(13)11-7-10(18)5-6-12(11)23-17(14)21/h5-7,15,19H,4H2,1-3H3. The van der Waals surface area contributed by atoms with Gasteiger partial charge in [-0.2, -0.15) is 0 Å². The fraction of sp³-hybridized carbons (Fsp3) is 0.294. The summed E-state index contributed by atoms with van der Waals surface area (Å²) >= 11 is 6.10. The number of halogens is 1. The van der Waals surface area contributed by atoms with Crippen LogP contribution in [0.15, 0.2) is 40.7 Å². The van der Waals surface area contributed by atoms with Gasteiger partial charge in [0.05, 0.1) is 23.7 Å². The van der Waals surface area contributed by atoms with Gasteiger partial charge in [-0.3, -0.25) is 0 Å². The number of dihydropyridines is 1. The molecule has 3 rings (SSSR count). The fourth-order valence-electron chi connectivity index (χ4n) is 3.05. The van der Waals surface area contributed by atoms with Crippen LogP contribution in [0.25, 0.3) is 0 Å². The van der Waals surface area contributed by atoms with Gasteiger partial charge in [0, 0.05) is 22.0 Å². The largest absolute Gasteiger partial charge is 0.463 e. The average Bonchev–Trinajstić information content (AvgIpc) is 2.47. The minimum Gasteiger partial charge on any atom is -0.463 e. The number of carbonyl (C=O) groups is 2. The van der Waals surface area contributed by atoms with Crippen LogP contribution >= 0.6 is 11.6 Å². The zero-order valence-electron chi connectivity index (χ0n) is 13.0. The summed E-state index contributed by atoms with van der Waals surface area (Å²) < 4.78 is 10.6. The molecule has 0 bridgehead atoms. The molecule has 0 aliphatic carbocycles. The van der Waals surface area contributed by atoms with Crippen LogP contribution in [0.1, 0.15) is 32.3 Å². The minimum atomic E-state index is -0.537. The molecule has 1 aromatic carbocycles. The molecule has 0 saturated carbocycles. The number of rotatable bonds is 2. The molecule has 0 amide bonds. The topological polar surface area (TPSA) is 64.6 Å². The number of benzene rings is 1. The van der Waals surface area contributed by atoms with E-state index in [1.807, 2.05) is 0 Å². The van der Waals surface area contributed by atoms with Gasteiger partial charge in [-0.25, -0.2) is 9.59 Å². The number of ether oxygens (including phenoxy) is 2. The average molecular weight is 334 g/mol. The van der Waals surface area contributed by atoms with Crippen molar-refractivity contribution in [1.82, 2.24) is 5.32 Å². The summed E-state index contributed by atoms with van der Waals surface area (Å²) in [5.41, 5.74) is 2.84. The normalized spacial score (nSPS) is 19.7. The zero-order valence-corrected chi connectivity index (χ0v) is 13.8. The lowest BCUT2D eigenvalue weighted by atomic mass is 9.79. The Bertz CT molecular complexity index is 779. The molecular weight excluding hydrogens is 318 g/mol. The Morgan fingerprint density at radius 3 is 2.78 bits per heavy atom. The number of allylic oxidation sites excluding steroid dienone is 2. The molecule has 0 aromatic heterocycles. The van der Waals surface area contributed by atoms with Gasteiger partial charge in [0.2, 0.25) is 0 Å². The molecule has 2 aliphatic rings. The summed E-state index contributed by atoms with van der Waals surface area (Å²) in [7, 11) is 0. The van der Waals surface area contributed by atoms with E-state index in [9.17, 15) is 9.59 Å². The van der Waals surface area contributed by atoms with E-state index in [-0.39, 0.29) is 6.61 Å². The van der Waals surface area contributed by atoms with Crippen LogP contribution in [0.5, 0.6) is 5.75 Å². The van der Waals surface area contributed by atoms with Crippen LogP contribution in [0.2, 0.25) is 5.02 Å². The highest BCUT2D eigenvalue weighted by atomic mass is 35.5. The van der Waals surface area contributed by atoms with Crippen molar-refractivity contribution in [2.75, 3.05) is 6.61 Å². The third-order valence-electron chi connectivity index (χ3n) is 3.96. The Balaban J connectivity index is 2.23. The molecule has 0 fully saturated rings. The van der Waals surface area contributed by atoms with Crippen LogP contribution in [-0.2, 0) is 14.3 Å². The second-order valence-electron chi connectivity index (χ2n) is 5.43. The maximum absolute atomic E-state index is 12.4. The highest BCUT2D eigenvalue weighted by molar-refractivity contribution is 6.30. The van der Waals surface area contributed by atoms with E-state index in [2.05, 4.69) is 5.32 Å². The Morgan fingerprint density at radius 1 is 1.35 bits per heavy atom. The maximum Gasteiger partial charge on any atom is 0.342 e. The van der Waals surface area contributed by atoms with Gasteiger partial charge in [0.25, 0.3) is 0 Å². The number of hydrogen-bond acceptors (Lipinski definition) is 5. The smallest absolute Gasteiger partial charge is 0.342 e. The molecule has 6 heteroatoms. The zero-order chi connectivity index (χ0) is 16.7. The van der Waals surface area contributed by atoms with Crippen molar-refractivity contribution in [3.63, 3.8) is 0 Å². The van der Waals surface area contributed by atoms with Crippen molar-refractivity contribution in [2.24, 2.45) is 0 Å². The van der Waals surface area contributed by atoms with Crippen LogP contribution in [0.3, 0.4) is 0 Å². The summed E-state index contributed by atoms with van der Waals surface area (Å²) in [5, 5.41) is 3.58. The van der Waals surface area contributed by atoms with E-state index in [1.165, 1.54) is 0 Å².